The van der Waals surface area contributed by atoms with Crippen molar-refractivity contribution in [3.8, 4) is 11.5 Å². The predicted molar refractivity (Wildman–Crippen MR) is 114 cm³/mol. The number of halogens is 1. The highest BCUT2D eigenvalue weighted by atomic mass is 127. The standard InChI is InChI=1S/C18H30N4O2.HI/c1-6-19-18(21-14-8-9-14)20-12-15(22(2)3)13-7-10-16(23-4)17(11-13)24-5;/h7,10-11,14-15H,6,8-9,12H2,1-5H3,(H2,19,20,21);1H. The molecule has 0 heterocycles. The minimum atomic E-state index is 0. The van der Waals surface area contributed by atoms with Gasteiger partial charge in [-0.1, -0.05) is 6.07 Å². The zero-order chi connectivity index (χ0) is 17.5. The molecule has 2 N–H and O–H groups in total. The molecule has 142 valence electrons. The smallest absolute Gasteiger partial charge is 0.191 e. The van der Waals surface area contributed by atoms with Crippen LogP contribution in [0.4, 0.5) is 0 Å². The number of benzene rings is 1. The zero-order valence-electron chi connectivity index (χ0n) is 15.8. The van der Waals surface area contributed by atoms with E-state index in [4.69, 9.17) is 14.5 Å². The molecule has 0 bridgehead atoms. The molecule has 1 atom stereocenters. The van der Waals surface area contributed by atoms with Crippen LogP contribution in [-0.4, -0.2) is 58.3 Å². The number of likely N-dealkylation sites (N-methyl/N-ethyl adjacent to an activating group) is 1. The lowest BCUT2D eigenvalue weighted by molar-refractivity contribution is 0.303. The lowest BCUT2D eigenvalue weighted by Gasteiger charge is -2.24. The number of aliphatic imine (C=N–C) groups is 1. The van der Waals surface area contributed by atoms with Gasteiger partial charge >= 0.3 is 0 Å². The Bertz CT molecular complexity index is 562. The fourth-order valence-corrected chi connectivity index (χ4v) is 2.55. The Balaban J connectivity index is 0.00000312. The first-order valence-corrected chi connectivity index (χ1v) is 8.52. The number of hydrogen-bond acceptors (Lipinski definition) is 4. The van der Waals surface area contributed by atoms with Crippen molar-refractivity contribution in [2.45, 2.75) is 31.8 Å². The fraction of sp³-hybridized carbons (Fsp3) is 0.611. The summed E-state index contributed by atoms with van der Waals surface area (Å²) in [6.45, 7) is 3.62. The van der Waals surface area contributed by atoms with Gasteiger partial charge in [0, 0.05) is 12.6 Å². The number of rotatable bonds is 8. The second kappa shape index (κ2) is 10.7. The molecule has 1 unspecified atom stereocenters. The summed E-state index contributed by atoms with van der Waals surface area (Å²) in [5, 5.41) is 6.77. The van der Waals surface area contributed by atoms with Crippen LogP contribution in [0, 0.1) is 0 Å². The van der Waals surface area contributed by atoms with Crippen LogP contribution in [-0.2, 0) is 0 Å². The quantitative estimate of drug-likeness (QED) is 0.354. The number of nitrogens with one attached hydrogen (secondary N) is 2. The van der Waals surface area contributed by atoms with Crippen molar-refractivity contribution in [1.82, 2.24) is 15.5 Å². The van der Waals surface area contributed by atoms with Crippen molar-refractivity contribution in [3.63, 3.8) is 0 Å². The van der Waals surface area contributed by atoms with Crippen molar-refractivity contribution in [1.29, 1.82) is 0 Å². The molecule has 0 saturated heterocycles. The molecule has 7 heteroatoms. The molecular weight excluding hydrogens is 431 g/mol. The number of methoxy groups -OCH3 is 2. The summed E-state index contributed by atoms with van der Waals surface area (Å²) in [6, 6.07) is 6.80. The second-order valence-electron chi connectivity index (χ2n) is 6.23. The number of ether oxygens (including phenoxy) is 2. The molecule has 1 saturated carbocycles. The topological polar surface area (TPSA) is 58.1 Å². The van der Waals surface area contributed by atoms with E-state index in [1.807, 2.05) is 12.1 Å². The number of guanidine groups is 1. The van der Waals surface area contributed by atoms with Crippen LogP contribution in [0.3, 0.4) is 0 Å². The molecule has 2 rings (SSSR count). The fourth-order valence-electron chi connectivity index (χ4n) is 2.55. The van der Waals surface area contributed by atoms with Gasteiger partial charge in [0.2, 0.25) is 0 Å². The molecule has 1 fully saturated rings. The molecule has 25 heavy (non-hydrogen) atoms. The first-order chi connectivity index (χ1) is 11.6. The van der Waals surface area contributed by atoms with E-state index >= 15 is 0 Å². The lowest BCUT2D eigenvalue weighted by Crippen LogP contribution is -2.39. The molecule has 0 radical (unpaired) electrons. The molecule has 1 aliphatic carbocycles. The molecule has 1 aliphatic rings. The molecule has 1 aromatic rings. The highest BCUT2D eigenvalue weighted by molar-refractivity contribution is 14.0. The molecule has 0 amide bonds. The van der Waals surface area contributed by atoms with Crippen molar-refractivity contribution in [3.05, 3.63) is 23.8 Å². The van der Waals surface area contributed by atoms with Crippen LogP contribution >= 0.6 is 24.0 Å². The summed E-state index contributed by atoms with van der Waals surface area (Å²) in [6.07, 6.45) is 2.47. The van der Waals surface area contributed by atoms with Crippen LogP contribution in [0.1, 0.15) is 31.4 Å². The Morgan fingerprint density at radius 1 is 1.24 bits per heavy atom. The largest absolute Gasteiger partial charge is 0.493 e. The Morgan fingerprint density at radius 2 is 1.92 bits per heavy atom. The van der Waals surface area contributed by atoms with Crippen LogP contribution < -0.4 is 20.1 Å². The van der Waals surface area contributed by atoms with Crippen LogP contribution in [0.15, 0.2) is 23.2 Å². The Morgan fingerprint density at radius 3 is 2.44 bits per heavy atom. The van der Waals surface area contributed by atoms with E-state index in [0.717, 1.165) is 29.6 Å². The minimum absolute atomic E-state index is 0. The van der Waals surface area contributed by atoms with Crippen LogP contribution in [0.25, 0.3) is 0 Å². The third kappa shape index (κ3) is 6.54. The molecule has 0 aliphatic heterocycles. The molecule has 1 aromatic carbocycles. The minimum Gasteiger partial charge on any atom is -0.493 e. The van der Waals surface area contributed by atoms with Gasteiger partial charge in [-0.05, 0) is 51.6 Å². The first kappa shape index (κ1) is 21.8. The maximum Gasteiger partial charge on any atom is 0.191 e. The lowest BCUT2D eigenvalue weighted by atomic mass is 10.1. The highest BCUT2D eigenvalue weighted by Gasteiger charge is 2.22. The zero-order valence-corrected chi connectivity index (χ0v) is 18.2. The van der Waals surface area contributed by atoms with Gasteiger partial charge in [-0.15, -0.1) is 24.0 Å². The van der Waals surface area contributed by atoms with E-state index in [2.05, 4.69) is 42.6 Å². The van der Waals surface area contributed by atoms with E-state index < -0.39 is 0 Å². The third-order valence-electron chi connectivity index (χ3n) is 4.10. The van der Waals surface area contributed by atoms with Crippen molar-refractivity contribution >= 4 is 29.9 Å². The molecule has 0 spiro atoms. The maximum atomic E-state index is 5.43. The van der Waals surface area contributed by atoms with E-state index in [9.17, 15) is 0 Å². The van der Waals surface area contributed by atoms with Crippen molar-refractivity contribution < 1.29 is 9.47 Å². The molecule has 0 aromatic heterocycles. The van der Waals surface area contributed by atoms with E-state index in [0.29, 0.717) is 12.6 Å². The third-order valence-corrected chi connectivity index (χ3v) is 4.10. The van der Waals surface area contributed by atoms with Crippen LogP contribution in [0.5, 0.6) is 11.5 Å². The van der Waals surface area contributed by atoms with Crippen molar-refractivity contribution in [2.24, 2.45) is 4.99 Å². The second-order valence-corrected chi connectivity index (χ2v) is 6.23. The molecule has 6 nitrogen and oxygen atoms in total. The SMILES string of the molecule is CCNC(=NCC(c1ccc(OC)c(OC)c1)N(C)C)NC1CC1.I. The molecular formula is C18H31IN4O2. The summed E-state index contributed by atoms with van der Waals surface area (Å²) in [5.41, 5.74) is 1.16. The normalized spacial score (nSPS) is 15.4. The monoisotopic (exact) mass is 462 g/mol. The average Bonchev–Trinajstić information content (AvgIpc) is 3.38. The summed E-state index contributed by atoms with van der Waals surface area (Å²) in [7, 11) is 7.45. The summed E-state index contributed by atoms with van der Waals surface area (Å²) in [4.78, 5) is 6.94. The van der Waals surface area contributed by atoms with Gasteiger partial charge in [-0.2, -0.15) is 0 Å². The predicted octanol–water partition coefficient (Wildman–Crippen LogP) is 2.64. The summed E-state index contributed by atoms with van der Waals surface area (Å²) in [5.74, 6) is 2.38. The van der Waals surface area contributed by atoms with E-state index in [-0.39, 0.29) is 30.0 Å². The van der Waals surface area contributed by atoms with Gasteiger partial charge in [-0.3, -0.25) is 4.99 Å². The highest BCUT2D eigenvalue weighted by Crippen LogP contribution is 2.31. The first-order valence-electron chi connectivity index (χ1n) is 8.52. The van der Waals surface area contributed by atoms with Gasteiger partial charge in [0.25, 0.3) is 0 Å². The number of nitrogens with zero attached hydrogens (tertiary/aromatic N) is 2. The van der Waals surface area contributed by atoms with E-state index in [1.165, 1.54) is 12.8 Å². The van der Waals surface area contributed by atoms with E-state index in [1.54, 1.807) is 14.2 Å². The summed E-state index contributed by atoms with van der Waals surface area (Å²) < 4.78 is 10.8. The Hall–Kier alpha value is -1.22. The maximum absolute atomic E-state index is 5.43. The van der Waals surface area contributed by atoms with Gasteiger partial charge in [-0.25, -0.2) is 0 Å². The van der Waals surface area contributed by atoms with Crippen LogP contribution in [0.2, 0.25) is 0 Å². The average molecular weight is 462 g/mol. The Labute approximate surface area is 168 Å². The van der Waals surface area contributed by atoms with Gasteiger partial charge in [0.05, 0.1) is 26.8 Å². The van der Waals surface area contributed by atoms with Crippen molar-refractivity contribution in [2.75, 3.05) is 41.4 Å². The summed E-state index contributed by atoms with van der Waals surface area (Å²) >= 11 is 0. The van der Waals surface area contributed by atoms with Gasteiger partial charge in [0.15, 0.2) is 17.5 Å². The van der Waals surface area contributed by atoms with Gasteiger partial charge in [0.1, 0.15) is 0 Å². The Kier molecular flexibility index (Phi) is 9.34. The van der Waals surface area contributed by atoms with Gasteiger partial charge < -0.3 is 25.0 Å². The number of hydrogen-bond donors (Lipinski definition) is 2.